The summed E-state index contributed by atoms with van der Waals surface area (Å²) in [5.74, 6) is -0.958. The molecule has 2 atom stereocenters. The van der Waals surface area contributed by atoms with Crippen molar-refractivity contribution in [2.24, 2.45) is 5.41 Å². The Labute approximate surface area is 293 Å². The fourth-order valence-corrected chi connectivity index (χ4v) is 6.41. The molecule has 0 radical (unpaired) electrons. The maximum Gasteiger partial charge on any atom is 0.411 e. The Hall–Kier alpha value is -5.06. The summed E-state index contributed by atoms with van der Waals surface area (Å²) in [6.45, 7) is 2.27. The van der Waals surface area contributed by atoms with Crippen LogP contribution in [0.15, 0.2) is 67.3 Å². The molecule has 3 heterocycles. The zero-order valence-electron chi connectivity index (χ0n) is 27.5. The molecule has 2 aliphatic rings. The summed E-state index contributed by atoms with van der Waals surface area (Å²) < 4.78 is 73.0. The molecule has 1 saturated heterocycles. The second-order valence-electron chi connectivity index (χ2n) is 13.7. The number of nitrogens with one attached hydrogen (secondary N) is 3. The van der Waals surface area contributed by atoms with Crippen LogP contribution in [0, 0.1) is 10.8 Å². The van der Waals surface area contributed by atoms with Gasteiger partial charge in [0.05, 0.1) is 29.7 Å². The zero-order valence-corrected chi connectivity index (χ0v) is 28.3. The number of nitrogens with zero attached hydrogens (tertiary/aromatic N) is 6. The Balaban J connectivity index is 1.37. The second-order valence-corrected chi connectivity index (χ2v) is 14.1. The van der Waals surface area contributed by atoms with E-state index in [0.717, 1.165) is 4.90 Å². The largest absolute Gasteiger partial charge is 0.447 e. The van der Waals surface area contributed by atoms with Crippen LogP contribution in [0.25, 0.3) is 16.8 Å². The van der Waals surface area contributed by atoms with Crippen molar-refractivity contribution in [1.29, 1.82) is 5.41 Å². The third-order valence-corrected chi connectivity index (χ3v) is 9.09. The summed E-state index contributed by atoms with van der Waals surface area (Å²) >= 11 is 6.45. The van der Waals surface area contributed by atoms with Gasteiger partial charge in [-0.25, -0.2) is 9.48 Å². The third-order valence-electron chi connectivity index (χ3n) is 8.77. The van der Waals surface area contributed by atoms with Gasteiger partial charge in [0, 0.05) is 11.8 Å². The zero-order chi connectivity index (χ0) is 36.9. The lowest BCUT2D eigenvalue weighted by Gasteiger charge is -2.35. The molecular formula is C33H33ClF5N9O3. The number of aromatic nitrogens is 5. The lowest BCUT2D eigenvalue weighted by molar-refractivity contribution is -0.164. The number of guanidine groups is 1. The molecule has 1 aliphatic carbocycles. The molecule has 0 bridgehead atoms. The normalized spacial score (nSPS) is 19.3. The van der Waals surface area contributed by atoms with E-state index in [1.165, 1.54) is 47.8 Å². The summed E-state index contributed by atoms with van der Waals surface area (Å²) in [7, 11) is 0. The van der Waals surface area contributed by atoms with Gasteiger partial charge in [0.25, 0.3) is 5.91 Å². The Morgan fingerprint density at radius 3 is 2.29 bits per heavy atom. The quantitative estimate of drug-likeness (QED) is 0.153. The van der Waals surface area contributed by atoms with E-state index in [0.29, 0.717) is 32.6 Å². The average molecular weight is 734 g/mol. The first-order chi connectivity index (χ1) is 23.9. The first kappa shape index (κ1) is 35.8. The highest BCUT2D eigenvalue weighted by Crippen LogP contribution is 2.49. The molecule has 18 heteroatoms. The van der Waals surface area contributed by atoms with Crippen LogP contribution in [-0.4, -0.2) is 66.0 Å². The topological polar surface area (TPSA) is 143 Å². The van der Waals surface area contributed by atoms with Crippen LogP contribution in [0.3, 0.4) is 0 Å². The number of alkyl halides is 5. The van der Waals surface area contributed by atoms with Gasteiger partial charge in [-0.05, 0) is 53.5 Å². The number of amides is 2. The molecule has 51 heavy (non-hydrogen) atoms. The van der Waals surface area contributed by atoms with Crippen LogP contribution < -0.4 is 10.6 Å². The van der Waals surface area contributed by atoms with E-state index in [9.17, 15) is 31.5 Å². The highest BCUT2D eigenvalue weighted by molar-refractivity contribution is 6.32. The molecule has 12 nitrogen and oxygen atoms in total. The number of benzene rings is 2. The monoisotopic (exact) mass is 733 g/mol. The Bertz CT molecular complexity index is 1940. The minimum atomic E-state index is -4.68. The average Bonchev–Trinajstić information content (AvgIpc) is 3.38. The molecule has 2 fully saturated rings. The predicted molar refractivity (Wildman–Crippen MR) is 174 cm³/mol. The van der Waals surface area contributed by atoms with E-state index in [4.69, 9.17) is 21.7 Å². The van der Waals surface area contributed by atoms with E-state index in [-0.39, 0.29) is 30.2 Å². The van der Waals surface area contributed by atoms with Gasteiger partial charge < -0.3 is 15.4 Å². The Morgan fingerprint density at radius 1 is 1.06 bits per heavy atom. The third kappa shape index (κ3) is 6.98. The number of alkyl carbamates (subject to hydrolysis) is 1. The Morgan fingerprint density at radius 2 is 1.73 bits per heavy atom. The molecule has 1 saturated carbocycles. The summed E-state index contributed by atoms with van der Waals surface area (Å²) in [6.07, 6.45) is -1.12. The summed E-state index contributed by atoms with van der Waals surface area (Å²) in [4.78, 5) is 29.9. The van der Waals surface area contributed by atoms with Crippen molar-refractivity contribution >= 4 is 29.6 Å². The SMILES string of the molecule is CC(C)(C)C[C@]1(c2ccc(-c3cnn(C(F)F)c3)cc2)NC(=N)N([C@H](COC(=O)NC2(C(F)(F)F)CC2)c2ccc(Cl)c(-n3nccn3)c2)C1=O. The second kappa shape index (κ2) is 12.9. The molecule has 2 amide bonds. The van der Waals surface area contributed by atoms with Gasteiger partial charge in [0.2, 0.25) is 0 Å². The molecule has 270 valence electrons. The van der Waals surface area contributed by atoms with Crippen molar-refractivity contribution in [2.45, 2.75) is 69.9 Å². The van der Waals surface area contributed by atoms with Crippen molar-refractivity contribution in [2.75, 3.05) is 6.61 Å². The summed E-state index contributed by atoms with van der Waals surface area (Å²) in [5, 5.41) is 26.2. The van der Waals surface area contributed by atoms with Crippen molar-refractivity contribution in [3.8, 4) is 16.8 Å². The summed E-state index contributed by atoms with van der Waals surface area (Å²) in [6, 6.07) is 9.95. The van der Waals surface area contributed by atoms with Gasteiger partial charge in [-0.1, -0.05) is 62.7 Å². The van der Waals surface area contributed by atoms with E-state index < -0.39 is 53.9 Å². The number of hydrogen-bond donors (Lipinski definition) is 3. The van der Waals surface area contributed by atoms with Crippen LogP contribution in [0.5, 0.6) is 0 Å². The van der Waals surface area contributed by atoms with Crippen LogP contribution in [-0.2, 0) is 15.1 Å². The number of carbonyl (C=O) groups is 2. The van der Waals surface area contributed by atoms with E-state index in [1.54, 1.807) is 24.3 Å². The lowest BCUT2D eigenvalue weighted by atomic mass is 9.75. The molecule has 6 rings (SSSR count). The molecule has 3 N–H and O–H groups in total. The molecule has 0 spiro atoms. The molecule has 1 aliphatic heterocycles. The molecule has 2 aromatic heterocycles. The van der Waals surface area contributed by atoms with Crippen molar-refractivity contribution in [3.63, 3.8) is 0 Å². The van der Waals surface area contributed by atoms with Crippen molar-refractivity contribution in [1.82, 2.24) is 40.3 Å². The van der Waals surface area contributed by atoms with E-state index in [2.05, 4.69) is 20.6 Å². The van der Waals surface area contributed by atoms with Crippen LogP contribution in [0.2, 0.25) is 5.02 Å². The fraction of sp³-hybridized carbons (Fsp3) is 0.394. The van der Waals surface area contributed by atoms with Gasteiger partial charge >= 0.3 is 18.8 Å². The van der Waals surface area contributed by atoms with E-state index >= 15 is 0 Å². The fourth-order valence-electron chi connectivity index (χ4n) is 6.22. The maximum absolute atomic E-state index is 14.8. The highest BCUT2D eigenvalue weighted by atomic mass is 35.5. The summed E-state index contributed by atoms with van der Waals surface area (Å²) in [5.41, 5.74) is -2.38. The van der Waals surface area contributed by atoms with Crippen LogP contribution in [0.4, 0.5) is 26.7 Å². The van der Waals surface area contributed by atoms with Gasteiger partial charge in [0.1, 0.15) is 23.4 Å². The van der Waals surface area contributed by atoms with Crippen LogP contribution in [0.1, 0.15) is 63.8 Å². The van der Waals surface area contributed by atoms with Gasteiger partial charge in [0.15, 0.2) is 5.96 Å². The minimum absolute atomic E-state index is 0.172. The first-order valence-electron chi connectivity index (χ1n) is 15.7. The Kier molecular flexibility index (Phi) is 9.06. The number of carbonyl (C=O) groups excluding carboxylic acids is 2. The minimum Gasteiger partial charge on any atom is -0.447 e. The smallest absolute Gasteiger partial charge is 0.411 e. The molecule has 4 aromatic rings. The van der Waals surface area contributed by atoms with Gasteiger partial charge in [-0.2, -0.15) is 42.0 Å². The molecule has 2 aromatic carbocycles. The maximum atomic E-state index is 14.8. The predicted octanol–water partition coefficient (Wildman–Crippen LogP) is 6.74. The molecular weight excluding hydrogens is 701 g/mol. The molecule has 0 unspecified atom stereocenters. The number of ether oxygens (including phenoxy) is 1. The number of halogens is 6. The van der Waals surface area contributed by atoms with Gasteiger partial charge in [-0.3, -0.25) is 15.1 Å². The van der Waals surface area contributed by atoms with Crippen molar-refractivity contribution < 1.29 is 36.3 Å². The number of rotatable bonds is 10. The van der Waals surface area contributed by atoms with Gasteiger partial charge in [-0.15, -0.1) is 0 Å². The lowest BCUT2D eigenvalue weighted by Crippen LogP contribution is -2.49. The van der Waals surface area contributed by atoms with Crippen LogP contribution >= 0.6 is 11.6 Å². The standard InChI is InChI=1S/C33H33ClF5N9O3/c1-30(2,3)18-32(22-7-4-19(5-8-22)21-15-43-46(16-21)27(35)36)26(49)47(28(40)44-32)25(17-51-29(50)45-31(10-11-31)33(37,38)39)20-6-9-23(34)24(14-20)48-41-12-13-42-48/h4-9,12-16,25,27H,10-11,17-18H2,1-3H3,(H2,40,44)(H,45,50)/t25-,32-/m1/s1. The first-order valence-corrected chi connectivity index (χ1v) is 16.1. The highest BCUT2D eigenvalue weighted by Gasteiger charge is 2.64. The number of hydrogen-bond acceptors (Lipinski definition) is 7. The van der Waals surface area contributed by atoms with E-state index in [1.807, 2.05) is 26.1 Å². The van der Waals surface area contributed by atoms with Crippen molar-refractivity contribution in [3.05, 3.63) is 83.4 Å².